The topological polar surface area (TPSA) is 73.0 Å². The smallest absolute Gasteiger partial charge is 0.321 e. The zero-order valence-electron chi connectivity index (χ0n) is 22.1. The van der Waals surface area contributed by atoms with Crippen molar-refractivity contribution in [2.75, 3.05) is 31.5 Å². The number of nitrogens with one attached hydrogen (secondary N) is 1. The molecule has 0 radical (unpaired) electrons. The zero-order chi connectivity index (χ0) is 26.8. The molecule has 39 heavy (non-hydrogen) atoms. The highest BCUT2D eigenvalue weighted by atomic mass is 16.2. The lowest BCUT2D eigenvalue weighted by molar-refractivity contribution is 0.0549. The van der Waals surface area contributed by atoms with Crippen LogP contribution < -0.4 is 5.32 Å². The molecule has 3 aromatic carbocycles. The Morgan fingerprint density at radius 3 is 1.92 bits per heavy atom. The largest absolute Gasteiger partial charge is 0.322 e. The van der Waals surface area contributed by atoms with Gasteiger partial charge in [0.25, 0.3) is 11.8 Å². The number of urea groups is 1. The first kappa shape index (κ1) is 25.3. The summed E-state index contributed by atoms with van der Waals surface area (Å²) in [5, 5.41) is 2.96. The number of imide groups is 1. The molecule has 4 amide bonds. The van der Waals surface area contributed by atoms with Crippen molar-refractivity contribution in [3.05, 3.63) is 101 Å². The van der Waals surface area contributed by atoms with Gasteiger partial charge >= 0.3 is 6.03 Å². The molecule has 1 saturated heterocycles. The van der Waals surface area contributed by atoms with Crippen molar-refractivity contribution in [3.8, 4) is 0 Å². The Kier molecular flexibility index (Phi) is 7.16. The number of carbonyl (C=O) groups excluding carboxylic acids is 3. The van der Waals surface area contributed by atoms with Gasteiger partial charge in [-0.15, -0.1) is 0 Å². The first-order valence-corrected chi connectivity index (χ1v) is 14.0. The molecule has 6 rings (SSSR count). The van der Waals surface area contributed by atoms with E-state index in [0.29, 0.717) is 29.9 Å². The molecule has 0 bridgehead atoms. The fourth-order valence-corrected chi connectivity index (χ4v) is 6.28. The first-order chi connectivity index (χ1) is 19.1. The highest BCUT2D eigenvalue weighted by molar-refractivity contribution is 6.22. The maximum atomic E-state index is 13.2. The van der Waals surface area contributed by atoms with Crippen LogP contribution in [-0.2, 0) is 0 Å². The van der Waals surface area contributed by atoms with E-state index >= 15 is 0 Å². The van der Waals surface area contributed by atoms with Crippen LogP contribution in [0, 0.1) is 0 Å². The molecule has 1 aliphatic carbocycles. The number of piperazine rings is 1. The molecule has 0 unspecified atom stereocenters. The van der Waals surface area contributed by atoms with E-state index in [9.17, 15) is 14.4 Å². The molecule has 0 atom stereocenters. The number of anilines is 1. The Balaban J connectivity index is 1.11. The molecular weight excluding hydrogens is 488 g/mol. The van der Waals surface area contributed by atoms with Crippen LogP contribution in [0.2, 0.25) is 0 Å². The van der Waals surface area contributed by atoms with Crippen LogP contribution in [0.15, 0.2) is 78.9 Å². The molecular formula is C32H34N4O3. The van der Waals surface area contributed by atoms with Gasteiger partial charge in [0.1, 0.15) is 0 Å². The number of carbonyl (C=O) groups is 3. The third kappa shape index (κ3) is 5.06. The second kappa shape index (κ2) is 11.0. The number of rotatable bonds is 5. The van der Waals surface area contributed by atoms with E-state index in [1.807, 2.05) is 17.0 Å². The molecule has 2 heterocycles. The molecule has 0 aromatic heterocycles. The summed E-state index contributed by atoms with van der Waals surface area (Å²) in [6.07, 6.45) is 4.99. The van der Waals surface area contributed by atoms with E-state index in [4.69, 9.17) is 0 Å². The third-order valence-corrected chi connectivity index (χ3v) is 8.31. The van der Waals surface area contributed by atoms with Crippen LogP contribution in [0.3, 0.4) is 0 Å². The van der Waals surface area contributed by atoms with E-state index < -0.39 is 0 Å². The summed E-state index contributed by atoms with van der Waals surface area (Å²) >= 11 is 0. The van der Waals surface area contributed by atoms with Gasteiger partial charge in [0, 0.05) is 37.9 Å². The fraction of sp³-hybridized carbons (Fsp3) is 0.344. The lowest BCUT2D eigenvalue weighted by atomic mass is 9.94. The van der Waals surface area contributed by atoms with E-state index in [1.54, 1.807) is 18.2 Å². The molecule has 7 nitrogen and oxygen atoms in total. The van der Waals surface area contributed by atoms with Crippen LogP contribution >= 0.6 is 0 Å². The highest BCUT2D eigenvalue weighted by Crippen LogP contribution is 2.33. The summed E-state index contributed by atoms with van der Waals surface area (Å²) in [6.45, 7) is 2.68. The van der Waals surface area contributed by atoms with Gasteiger partial charge in [0.2, 0.25) is 0 Å². The minimum atomic E-state index is -0.237. The molecule has 0 spiro atoms. The SMILES string of the molecule is O=C(Nc1ccc2c(c1)C(=O)N(C1CCCCC1)C2=O)N1CCN(C(c2ccccc2)c2ccccc2)CC1. The van der Waals surface area contributed by atoms with Crippen molar-refractivity contribution >= 4 is 23.5 Å². The summed E-state index contributed by atoms with van der Waals surface area (Å²) in [5.41, 5.74) is 3.84. The van der Waals surface area contributed by atoms with Gasteiger partial charge in [-0.25, -0.2) is 4.79 Å². The van der Waals surface area contributed by atoms with Crippen LogP contribution in [0.5, 0.6) is 0 Å². The fourth-order valence-electron chi connectivity index (χ4n) is 6.28. The van der Waals surface area contributed by atoms with Crippen molar-refractivity contribution in [2.45, 2.75) is 44.2 Å². The second-order valence-electron chi connectivity index (χ2n) is 10.7. The maximum absolute atomic E-state index is 13.2. The Labute approximate surface area is 229 Å². The van der Waals surface area contributed by atoms with Gasteiger partial charge in [-0.2, -0.15) is 0 Å². The zero-order valence-corrected chi connectivity index (χ0v) is 22.1. The Bertz CT molecular complexity index is 1310. The minimum Gasteiger partial charge on any atom is -0.322 e. The number of hydrogen-bond donors (Lipinski definition) is 1. The Morgan fingerprint density at radius 2 is 1.31 bits per heavy atom. The normalized spacial score (nSPS) is 18.5. The van der Waals surface area contributed by atoms with Crippen molar-refractivity contribution < 1.29 is 14.4 Å². The monoisotopic (exact) mass is 522 g/mol. The summed E-state index contributed by atoms with van der Waals surface area (Å²) in [7, 11) is 0. The lowest BCUT2D eigenvalue weighted by Crippen LogP contribution is -2.51. The van der Waals surface area contributed by atoms with E-state index in [1.165, 1.54) is 16.0 Å². The van der Waals surface area contributed by atoms with Gasteiger partial charge in [-0.1, -0.05) is 79.9 Å². The molecule has 2 fully saturated rings. The van der Waals surface area contributed by atoms with Crippen LogP contribution in [-0.4, -0.2) is 64.8 Å². The van der Waals surface area contributed by atoms with Gasteiger partial charge in [0.15, 0.2) is 0 Å². The standard InChI is InChI=1S/C32H34N4O3/c37-30-27-17-16-25(22-28(27)31(38)36(30)26-14-8-3-9-15-26)33-32(39)35-20-18-34(19-21-35)29(23-10-4-1-5-11-23)24-12-6-2-7-13-24/h1-2,4-7,10-13,16-17,22,26,29H,3,8-9,14-15,18-21H2,(H,33,39). The van der Waals surface area contributed by atoms with Crippen molar-refractivity contribution in [2.24, 2.45) is 0 Å². The minimum absolute atomic E-state index is 0.0175. The molecule has 1 saturated carbocycles. The summed E-state index contributed by atoms with van der Waals surface area (Å²) in [6, 6.07) is 26.0. The van der Waals surface area contributed by atoms with E-state index in [0.717, 1.165) is 45.2 Å². The molecule has 3 aliphatic rings. The van der Waals surface area contributed by atoms with Gasteiger partial charge in [0.05, 0.1) is 17.2 Å². The first-order valence-electron chi connectivity index (χ1n) is 14.0. The second-order valence-corrected chi connectivity index (χ2v) is 10.7. The maximum Gasteiger partial charge on any atom is 0.321 e. The van der Waals surface area contributed by atoms with Crippen molar-refractivity contribution in [3.63, 3.8) is 0 Å². The predicted octanol–water partition coefficient (Wildman–Crippen LogP) is 5.55. The summed E-state index contributed by atoms with van der Waals surface area (Å²) in [4.78, 5) is 45.0. The Hall–Kier alpha value is -3.97. The average Bonchev–Trinajstić information content (AvgIpc) is 3.24. The lowest BCUT2D eigenvalue weighted by Gasteiger charge is -2.39. The summed E-state index contributed by atoms with van der Waals surface area (Å²) < 4.78 is 0. The van der Waals surface area contributed by atoms with Crippen molar-refractivity contribution in [1.82, 2.24) is 14.7 Å². The van der Waals surface area contributed by atoms with E-state index in [2.05, 4.69) is 58.7 Å². The predicted molar refractivity (Wildman–Crippen MR) is 151 cm³/mol. The molecule has 3 aromatic rings. The number of benzene rings is 3. The van der Waals surface area contributed by atoms with Crippen LogP contribution in [0.25, 0.3) is 0 Å². The number of nitrogens with zero attached hydrogens (tertiary/aromatic N) is 3. The van der Waals surface area contributed by atoms with Crippen LogP contribution in [0.1, 0.15) is 70.0 Å². The number of fused-ring (bicyclic) bond motifs is 1. The molecule has 7 heteroatoms. The molecule has 1 N–H and O–H groups in total. The summed E-state index contributed by atoms with van der Waals surface area (Å²) in [5.74, 6) is -0.443. The number of hydrogen-bond acceptors (Lipinski definition) is 4. The van der Waals surface area contributed by atoms with Gasteiger partial charge < -0.3 is 10.2 Å². The van der Waals surface area contributed by atoms with E-state index in [-0.39, 0.29) is 29.9 Å². The Morgan fingerprint density at radius 1 is 0.718 bits per heavy atom. The highest BCUT2D eigenvalue weighted by Gasteiger charge is 2.40. The molecule has 2 aliphatic heterocycles. The van der Waals surface area contributed by atoms with Crippen molar-refractivity contribution in [1.29, 1.82) is 0 Å². The third-order valence-electron chi connectivity index (χ3n) is 8.31. The van der Waals surface area contributed by atoms with Crippen LogP contribution in [0.4, 0.5) is 10.5 Å². The van der Waals surface area contributed by atoms with Gasteiger partial charge in [-0.3, -0.25) is 19.4 Å². The quantitative estimate of drug-likeness (QED) is 0.446. The molecule has 200 valence electrons. The van der Waals surface area contributed by atoms with Gasteiger partial charge in [-0.05, 0) is 42.2 Å². The number of amides is 4. The average molecular weight is 523 g/mol.